The average Bonchev–Trinajstić information content (AvgIpc) is 3.30. The smallest absolute Gasteiger partial charge is 0.327 e. The number of phenols is 1. The van der Waals surface area contributed by atoms with Crippen LogP contribution >= 0.6 is 11.8 Å². The lowest BCUT2D eigenvalue weighted by molar-refractivity contribution is -0.161. The number of nitrogens with zero attached hydrogens (tertiary/aromatic N) is 1. The van der Waals surface area contributed by atoms with Crippen LogP contribution < -0.4 is 26.8 Å². The number of β-lactam (4-membered cyclic amide) rings is 1. The van der Waals surface area contributed by atoms with Gasteiger partial charge < -0.3 is 41.4 Å². The van der Waals surface area contributed by atoms with Crippen molar-refractivity contribution in [3.05, 3.63) is 82.1 Å². The fraction of sp³-hybridized carbons (Fsp3) is 0.303. The molecule has 0 bridgehead atoms. The molecule has 2 unspecified atom stereocenters. The van der Waals surface area contributed by atoms with Crippen LogP contribution in [0, 0.1) is 0 Å². The van der Waals surface area contributed by atoms with Crippen LogP contribution in [0.4, 0.5) is 5.69 Å². The zero-order chi connectivity index (χ0) is 35.8. The standard InChI is InChI=1S/C33H34N6O9S/c1-15(34-16(2)40)26(42)35-19-9-5-17(6-10-19)22-14-13-21(27(43)36-22)28(44)37-23(18-7-11-20(41)12-8-18)29(45)38-24-30(46)39-25(32(47)48)33(3,4)49-31(24)39/h5-15,23-25,31,41H,1-4H3,(H,34,40)(H,35,42)(H,36,43)(H,37,44)(H,38,45)(H,47,48)/t15?,23?,24-,25+,31-/m1/s1. The number of rotatable bonds is 10. The zero-order valence-electron chi connectivity index (χ0n) is 26.8. The summed E-state index contributed by atoms with van der Waals surface area (Å²) >= 11 is 1.25. The number of carboxylic acids is 1. The molecule has 7 N–H and O–H groups in total. The number of nitrogens with one attached hydrogen (secondary N) is 5. The molecule has 15 nitrogen and oxygen atoms in total. The van der Waals surface area contributed by atoms with Crippen LogP contribution in [0.25, 0.3) is 11.3 Å². The molecular weight excluding hydrogens is 656 g/mol. The van der Waals surface area contributed by atoms with Gasteiger partial charge in [0, 0.05) is 23.1 Å². The van der Waals surface area contributed by atoms with E-state index < -0.39 is 69.4 Å². The Morgan fingerprint density at radius 1 is 0.918 bits per heavy atom. The van der Waals surface area contributed by atoms with E-state index in [0.717, 1.165) is 0 Å². The second-order valence-electron chi connectivity index (χ2n) is 12.2. The third-order valence-corrected chi connectivity index (χ3v) is 9.74. The Morgan fingerprint density at radius 2 is 1.57 bits per heavy atom. The van der Waals surface area contributed by atoms with Crippen molar-refractivity contribution < 1.29 is 39.0 Å². The van der Waals surface area contributed by atoms with Crippen molar-refractivity contribution >= 4 is 53.0 Å². The second-order valence-corrected chi connectivity index (χ2v) is 14.0. The summed E-state index contributed by atoms with van der Waals surface area (Å²) in [7, 11) is 0. The molecule has 0 radical (unpaired) electrons. The molecule has 5 rings (SSSR count). The molecule has 49 heavy (non-hydrogen) atoms. The Bertz CT molecular complexity index is 1890. The van der Waals surface area contributed by atoms with Crippen molar-refractivity contribution in [2.24, 2.45) is 0 Å². The van der Waals surface area contributed by atoms with E-state index >= 15 is 0 Å². The molecule has 256 valence electrons. The average molecular weight is 691 g/mol. The normalized spacial score (nSPS) is 20.2. The number of aromatic hydroxyl groups is 1. The Balaban J connectivity index is 1.30. The molecule has 1 aromatic heterocycles. The van der Waals surface area contributed by atoms with E-state index in [9.17, 15) is 43.8 Å². The fourth-order valence-electron chi connectivity index (χ4n) is 5.73. The summed E-state index contributed by atoms with van der Waals surface area (Å²) in [6, 6.07) is 10.5. The molecule has 3 aromatic rings. The number of benzene rings is 2. The molecule has 5 atom stereocenters. The molecule has 3 heterocycles. The first-order valence-corrected chi connectivity index (χ1v) is 16.0. The number of pyridine rings is 1. The minimum atomic E-state index is -1.39. The summed E-state index contributed by atoms with van der Waals surface area (Å²) in [6.45, 7) is 6.26. The van der Waals surface area contributed by atoms with Gasteiger partial charge in [0.2, 0.25) is 23.6 Å². The van der Waals surface area contributed by atoms with Crippen LogP contribution in [0.1, 0.15) is 49.7 Å². The SMILES string of the molecule is CC(=O)NC(C)C(=O)Nc1ccc(-c2ccc(C(=O)NC(C(=O)N[C@@H]3C(=O)N4[C@@H]3SC(C)(C)[C@@H]4C(=O)O)c3ccc(O)cc3)c(=O)[nH]2)cc1. The number of thioether (sulfide) groups is 1. The van der Waals surface area contributed by atoms with E-state index in [-0.39, 0.29) is 22.8 Å². The van der Waals surface area contributed by atoms with Gasteiger partial charge in [0.05, 0.1) is 0 Å². The number of aromatic amines is 1. The number of aliphatic carboxylic acids is 1. The van der Waals surface area contributed by atoms with Crippen LogP contribution in [0.15, 0.2) is 65.5 Å². The number of H-pyrrole nitrogens is 1. The highest BCUT2D eigenvalue weighted by Gasteiger charge is 2.64. The first kappa shape index (κ1) is 34.7. The monoisotopic (exact) mass is 690 g/mol. The van der Waals surface area contributed by atoms with E-state index in [2.05, 4.69) is 26.3 Å². The van der Waals surface area contributed by atoms with Gasteiger partial charge in [0.25, 0.3) is 11.5 Å². The highest BCUT2D eigenvalue weighted by molar-refractivity contribution is 8.01. The maximum Gasteiger partial charge on any atom is 0.327 e. The fourth-order valence-corrected chi connectivity index (χ4v) is 7.36. The lowest BCUT2D eigenvalue weighted by atomic mass is 9.95. The molecule has 2 aliphatic rings. The van der Waals surface area contributed by atoms with Gasteiger partial charge in [0.1, 0.15) is 40.9 Å². The van der Waals surface area contributed by atoms with Crippen LogP contribution in [0.2, 0.25) is 0 Å². The minimum absolute atomic E-state index is 0.0923. The number of carboxylic acid groups (broad SMARTS) is 1. The Kier molecular flexibility index (Phi) is 9.53. The zero-order valence-corrected chi connectivity index (χ0v) is 27.6. The van der Waals surface area contributed by atoms with E-state index in [1.54, 1.807) is 45.0 Å². The van der Waals surface area contributed by atoms with Crippen molar-refractivity contribution in [2.45, 2.75) is 62.0 Å². The van der Waals surface area contributed by atoms with Gasteiger partial charge in [-0.05, 0) is 68.3 Å². The summed E-state index contributed by atoms with van der Waals surface area (Å²) in [5, 5.41) is 29.2. The molecule has 0 spiro atoms. The Labute approximate surface area is 283 Å². The number of phenolic OH excluding ortho intramolecular Hbond substituents is 1. The van der Waals surface area contributed by atoms with Gasteiger partial charge in [-0.15, -0.1) is 11.8 Å². The molecule has 2 aliphatic heterocycles. The first-order valence-electron chi connectivity index (χ1n) is 15.1. The van der Waals surface area contributed by atoms with Gasteiger partial charge in [0.15, 0.2) is 0 Å². The van der Waals surface area contributed by atoms with Crippen molar-refractivity contribution in [1.82, 2.24) is 25.8 Å². The number of amides is 5. The van der Waals surface area contributed by atoms with Gasteiger partial charge in [-0.1, -0.05) is 24.3 Å². The van der Waals surface area contributed by atoms with E-state index in [0.29, 0.717) is 16.9 Å². The van der Waals surface area contributed by atoms with E-state index in [1.807, 2.05) is 0 Å². The van der Waals surface area contributed by atoms with Gasteiger partial charge in [-0.2, -0.15) is 0 Å². The third kappa shape index (κ3) is 7.13. The van der Waals surface area contributed by atoms with Crippen LogP contribution in [-0.4, -0.2) is 83.8 Å². The number of fused-ring (bicyclic) bond motifs is 1. The summed E-state index contributed by atoms with van der Waals surface area (Å²) in [5.41, 5.74) is 0.576. The van der Waals surface area contributed by atoms with Crippen LogP contribution in [0.5, 0.6) is 5.75 Å². The second kappa shape index (κ2) is 13.5. The summed E-state index contributed by atoms with van der Waals surface area (Å²) in [6.07, 6.45) is 0. The molecule has 5 amide bonds. The van der Waals surface area contributed by atoms with Crippen molar-refractivity contribution in [3.8, 4) is 17.0 Å². The lowest BCUT2D eigenvalue weighted by Crippen LogP contribution is -2.71. The summed E-state index contributed by atoms with van der Waals surface area (Å²) in [5.74, 6) is -4.24. The number of hydrogen-bond donors (Lipinski definition) is 7. The van der Waals surface area contributed by atoms with E-state index in [4.69, 9.17) is 0 Å². The first-order chi connectivity index (χ1) is 23.1. The maximum atomic E-state index is 13.6. The van der Waals surface area contributed by atoms with Crippen molar-refractivity contribution in [1.29, 1.82) is 0 Å². The number of carbonyl (C=O) groups excluding carboxylic acids is 5. The van der Waals surface area contributed by atoms with Crippen molar-refractivity contribution in [3.63, 3.8) is 0 Å². The molecular formula is C33H34N6O9S. The number of aromatic nitrogens is 1. The lowest BCUT2D eigenvalue weighted by Gasteiger charge is -2.44. The molecule has 0 aliphatic carbocycles. The van der Waals surface area contributed by atoms with E-state index in [1.165, 1.54) is 60.0 Å². The summed E-state index contributed by atoms with van der Waals surface area (Å²) in [4.78, 5) is 92.3. The number of anilines is 1. The van der Waals surface area contributed by atoms with Crippen molar-refractivity contribution in [2.75, 3.05) is 5.32 Å². The largest absolute Gasteiger partial charge is 0.508 e. The number of carbonyl (C=O) groups is 6. The highest BCUT2D eigenvalue weighted by Crippen LogP contribution is 2.50. The number of hydrogen-bond acceptors (Lipinski definition) is 9. The quantitative estimate of drug-likeness (QED) is 0.151. The summed E-state index contributed by atoms with van der Waals surface area (Å²) < 4.78 is -0.811. The predicted octanol–water partition coefficient (Wildman–Crippen LogP) is 1.31. The van der Waals surface area contributed by atoms with Crippen LogP contribution in [0.3, 0.4) is 0 Å². The Morgan fingerprint density at radius 3 is 2.16 bits per heavy atom. The molecule has 2 aromatic carbocycles. The minimum Gasteiger partial charge on any atom is -0.508 e. The van der Waals surface area contributed by atoms with Gasteiger partial charge in [-0.3, -0.25) is 28.8 Å². The third-order valence-electron chi connectivity index (χ3n) is 8.17. The van der Waals surface area contributed by atoms with Gasteiger partial charge >= 0.3 is 5.97 Å². The molecule has 2 saturated heterocycles. The topological polar surface area (TPSA) is 227 Å². The maximum absolute atomic E-state index is 13.6. The van der Waals surface area contributed by atoms with Crippen LogP contribution in [-0.2, 0) is 24.0 Å². The van der Waals surface area contributed by atoms with Gasteiger partial charge in [-0.25, -0.2) is 4.79 Å². The molecule has 16 heteroatoms. The highest BCUT2D eigenvalue weighted by atomic mass is 32.2. The molecule has 2 fully saturated rings. The predicted molar refractivity (Wildman–Crippen MR) is 178 cm³/mol. The molecule has 0 saturated carbocycles. The Hall–Kier alpha value is -5.64.